The summed E-state index contributed by atoms with van der Waals surface area (Å²) in [6.07, 6.45) is 2.15. The van der Waals surface area contributed by atoms with Crippen molar-refractivity contribution in [2.45, 2.75) is 31.6 Å². The molecule has 0 aromatic heterocycles. The normalized spacial score (nSPS) is 17.7. The number of benzene rings is 1. The molecule has 4 nitrogen and oxygen atoms in total. The summed E-state index contributed by atoms with van der Waals surface area (Å²) in [5.41, 5.74) is 6.01. The van der Waals surface area contributed by atoms with Gasteiger partial charge in [0.1, 0.15) is 4.90 Å². The van der Waals surface area contributed by atoms with Gasteiger partial charge >= 0.3 is 0 Å². The average Bonchev–Trinajstić information content (AvgIpc) is 3.07. The zero-order chi connectivity index (χ0) is 14.3. The third kappa shape index (κ3) is 3.04. The number of halogens is 1. The third-order valence-corrected chi connectivity index (χ3v) is 5.70. The van der Waals surface area contributed by atoms with E-state index in [2.05, 4.69) is 18.6 Å². The molecule has 19 heavy (non-hydrogen) atoms. The second kappa shape index (κ2) is 4.96. The largest absolute Gasteiger partial charge is 0.398 e. The summed E-state index contributed by atoms with van der Waals surface area (Å²) in [6.45, 7) is 4.71. The smallest absolute Gasteiger partial charge is 0.242 e. The van der Waals surface area contributed by atoms with Crippen molar-refractivity contribution >= 4 is 27.3 Å². The fourth-order valence-corrected chi connectivity index (χ4v) is 3.63. The Kier molecular flexibility index (Phi) is 3.82. The van der Waals surface area contributed by atoms with Gasteiger partial charge in [-0.3, -0.25) is 0 Å². The van der Waals surface area contributed by atoms with Crippen LogP contribution >= 0.6 is 11.6 Å². The van der Waals surface area contributed by atoms with E-state index in [1.54, 1.807) is 0 Å². The highest BCUT2D eigenvalue weighted by Gasteiger charge is 2.45. The number of nitrogen functional groups attached to an aromatic ring is 1. The lowest BCUT2D eigenvalue weighted by Crippen LogP contribution is -2.33. The van der Waals surface area contributed by atoms with Crippen molar-refractivity contribution in [3.05, 3.63) is 23.2 Å². The van der Waals surface area contributed by atoms with E-state index < -0.39 is 10.0 Å². The maximum absolute atomic E-state index is 12.2. The Balaban J connectivity index is 2.15. The van der Waals surface area contributed by atoms with E-state index in [1.165, 1.54) is 18.2 Å². The van der Waals surface area contributed by atoms with Gasteiger partial charge in [-0.05, 0) is 42.4 Å². The molecule has 1 aromatic carbocycles. The molecule has 1 aromatic rings. The highest BCUT2D eigenvalue weighted by molar-refractivity contribution is 7.89. The minimum absolute atomic E-state index is 0.0939. The van der Waals surface area contributed by atoms with Crippen molar-refractivity contribution in [2.75, 3.05) is 12.3 Å². The number of hydrogen-bond acceptors (Lipinski definition) is 3. The lowest BCUT2D eigenvalue weighted by Gasteiger charge is -2.20. The van der Waals surface area contributed by atoms with Gasteiger partial charge in [0.15, 0.2) is 0 Å². The van der Waals surface area contributed by atoms with Gasteiger partial charge in [0.25, 0.3) is 0 Å². The molecule has 1 fully saturated rings. The molecule has 1 aliphatic carbocycles. The molecule has 0 unspecified atom stereocenters. The van der Waals surface area contributed by atoms with Crippen LogP contribution in [0.3, 0.4) is 0 Å². The number of sulfonamides is 1. The zero-order valence-electron chi connectivity index (χ0n) is 11.1. The van der Waals surface area contributed by atoms with E-state index in [9.17, 15) is 8.42 Å². The van der Waals surface area contributed by atoms with Crippen molar-refractivity contribution in [1.82, 2.24) is 4.72 Å². The molecule has 0 amide bonds. The monoisotopic (exact) mass is 302 g/mol. The third-order valence-electron chi connectivity index (χ3n) is 3.99. The molecule has 0 heterocycles. The first-order valence-corrected chi connectivity index (χ1v) is 8.18. The number of nitrogens with one attached hydrogen (secondary N) is 1. The Hall–Kier alpha value is -0.780. The maximum atomic E-state index is 12.2. The average molecular weight is 303 g/mol. The van der Waals surface area contributed by atoms with E-state index >= 15 is 0 Å². The summed E-state index contributed by atoms with van der Waals surface area (Å²) in [6, 6.07) is 4.42. The summed E-state index contributed by atoms with van der Waals surface area (Å²) < 4.78 is 27.1. The Labute approximate surface area is 119 Å². The molecule has 0 spiro atoms. The fraction of sp³-hybridized carbons (Fsp3) is 0.538. The first kappa shape index (κ1) is 14.6. The van der Waals surface area contributed by atoms with Gasteiger partial charge in [-0.1, -0.05) is 25.4 Å². The molecule has 6 heteroatoms. The standard InChI is InChI=1S/C13H19ClN2O2S/c1-9(2)13(5-6-13)8-16-19(17,18)12-4-3-10(14)7-11(12)15/h3-4,7,9,16H,5-6,8,15H2,1-2H3. The van der Waals surface area contributed by atoms with Crippen LogP contribution in [-0.4, -0.2) is 15.0 Å². The van der Waals surface area contributed by atoms with Crippen molar-refractivity contribution in [3.63, 3.8) is 0 Å². The summed E-state index contributed by atoms with van der Waals surface area (Å²) in [5.74, 6) is 0.470. The fourth-order valence-electron chi connectivity index (χ4n) is 2.20. The summed E-state index contributed by atoms with van der Waals surface area (Å²) in [7, 11) is -3.57. The highest BCUT2D eigenvalue weighted by Crippen LogP contribution is 2.51. The molecule has 106 valence electrons. The quantitative estimate of drug-likeness (QED) is 0.821. The van der Waals surface area contributed by atoms with Crippen LogP contribution in [0.1, 0.15) is 26.7 Å². The van der Waals surface area contributed by atoms with Gasteiger partial charge in [0.05, 0.1) is 5.69 Å². The SMILES string of the molecule is CC(C)C1(CNS(=O)(=O)c2ccc(Cl)cc2N)CC1. The maximum Gasteiger partial charge on any atom is 0.242 e. The van der Waals surface area contributed by atoms with Gasteiger partial charge in [0.2, 0.25) is 10.0 Å². The van der Waals surface area contributed by atoms with Gasteiger partial charge in [-0.15, -0.1) is 0 Å². The van der Waals surface area contributed by atoms with Crippen LogP contribution in [0.15, 0.2) is 23.1 Å². The van der Waals surface area contributed by atoms with E-state index in [1.807, 2.05) is 0 Å². The lowest BCUT2D eigenvalue weighted by molar-refractivity contribution is 0.357. The van der Waals surface area contributed by atoms with Crippen molar-refractivity contribution in [1.29, 1.82) is 0 Å². The number of hydrogen-bond donors (Lipinski definition) is 2. The van der Waals surface area contributed by atoms with Gasteiger partial charge < -0.3 is 5.73 Å². The first-order valence-electron chi connectivity index (χ1n) is 6.31. The number of rotatable bonds is 5. The lowest BCUT2D eigenvalue weighted by atomic mass is 9.93. The van der Waals surface area contributed by atoms with Crippen molar-refractivity contribution < 1.29 is 8.42 Å². The molecule has 3 N–H and O–H groups in total. The van der Waals surface area contributed by atoms with Crippen LogP contribution in [-0.2, 0) is 10.0 Å². The number of anilines is 1. The predicted octanol–water partition coefficient (Wildman–Crippen LogP) is 2.64. The van der Waals surface area contributed by atoms with E-state index in [0.717, 1.165) is 12.8 Å². The highest BCUT2D eigenvalue weighted by atomic mass is 35.5. The van der Waals surface area contributed by atoms with Crippen LogP contribution in [0.2, 0.25) is 5.02 Å². The Morgan fingerprint density at radius 3 is 2.53 bits per heavy atom. The molecule has 0 radical (unpaired) electrons. The topological polar surface area (TPSA) is 72.2 Å². The van der Waals surface area contributed by atoms with Crippen LogP contribution < -0.4 is 10.5 Å². The van der Waals surface area contributed by atoms with Gasteiger partial charge in [-0.2, -0.15) is 0 Å². The van der Waals surface area contributed by atoms with E-state index in [-0.39, 0.29) is 16.0 Å². The first-order chi connectivity index (χ1) is 8.77. The summed E-state index contributed by atoms with van der Waals surface area (Å²) in [4.78, 5) is 0.0939. The molecule has 0 saturated heterocycles. The van der Waals surface area contributed by atoms with Crippen LogP contribution in [0.25, 0.3) is 0 Å². The molecular weight excluding hydrogens is 284 g/mol. The Morgan fingerprint density at radius 2 is 2.05 bits per heavy atom. The molecule has 1 saturated carbocycles. The molecule has 0 atom stereocenters. The van der Waals surface area contributed by atoms with Crippen LogP contribution in [0.4, 0.5) is 5.69 Å². The van der Waals surface area contributed by atoms with Crippen molar-refractivity contribution in [2.24, 2.45) is 11.3 Å². The van der Waals surface area contributed by atoms with E-state index in [4.69, 9.17) is 17.3 Å². The second-order valence-electron chi connectivity index (χ2n) is 5.52. The minimum atomic E-state index is -3.57. The van der Waals surface area contributed by atoms with E-state index in [0.29, 0.717) is 17.5 Å². The zero-order valence-corrected chi connectivity index (χ0v) is 12.7. The summed E-state index contributed by atoms with van der Waals surface area (Å²) in [5, 5.41) is 0.428. The van der Waals surface area contributed by atoms with Crippen molar-refractivity contribution in [3.8, 4) is 0 Å². The van der Waals surface area contributed by atoms with Gasteiger partial charge in [-0.25, -0.2) is 13.1 Å². The molecule has 2 rings (SSSR count). The summed E-state index contributed by atoms with van der Waals surface area (Å²) >= 11 is 5.77. The number of nitrogens with two attached hydrogens (primary N) is 1. The minimum Gasteiger partial charge on any atom is -0.398 e. The molecule has 0 bridgehead atoms. The van der Waals surface area contributed by atoms with Gasteiger partial charge in [0, 0.05) is 11.6 Å². The molecule has 0 aliphatic heterocycles. The second-order valence-corrected chi connectivity index (χ2v) is 7.70. The van der Waals surface area contributed by atoms with Crippen LogP contribution in [0.5, 0.6) is 0 Å². The predicted molar refractivity (Wildman–Crippen MR) is 77.6 cm³/mol. The molecular formula is C13H19ClN2O2S. The Morgan fingerprint density at radius 1 is 1.42 bits per heavy atom. The Bertz CT molecular complexity index is 580. The van der Waals surface area contributed by atoms with Crippen LogP contribution in [0, 0.1) is 11.3 Å². The molecule has 1 aliphatic rings.